The molecule has 1 aliphatic rings. The molecule has 0 saturated heterocycles. The zero-order valence-electron chi connectivity index (χ0n) is 12.0. The summed E-state index contributed by atoms with van der Waals surface area (Å²) in [5.74, 6) is -0.0753. The van der Waals surface area contributed by atoms with Crippen molar-refractivity contribution in [1.82, 2.24) is 9.88 Å². The molecule has 1 saturated carbocycles. The molecule has 6 heteroatoms. The first-order chi connectivity index (χ1) is 10.1. The van der Waals surface area contributed by atoms with Crippen LogP contribution in [0.5, 0.6) is 0 Å². The zero-order valence-corrected chi connectivity index (χ0v) is 12.8. The van der Waals surface area contributed by atoms with Gasteiger partial charge in [0.1, 0.15) is 9.71 Å². The number of nitrogens with zero attached hydrogens (tertiary/aromatic N) is 2. The van der Waals surface area contributed by atoms with E-state index in [0.717, 1.165) is 35.0 Å². The van der Waals surface area contributed by atoms with E-state index >= 15 is 0 Å². The van der Waals surface area contributed by atoms with Crippen LogP contribution in [-0.4, -0.2) is 40.1 Å². The van der Waals surface area contributed by atoms with Crippen LogP contribution in [0.1, 0.15) is 34.5 Å². The molecule has 21 heavy (non-hydrogen) atoms. The summed E-state index contributed by atoms with van der Waals surface area (Å²) < 4.78 is 0. The number of aliphatic hydroxyl groups is 1. The predicted octanol–water partition coefficient (Wildman–Crippen LogP) is 2.17. The number of anilines is 1. The fourth-order valence-electron chi connectivity index (χ4n) is 2.75. The third-order valence-electron chi connectivity index (χ3n) is 4.15. The topological polar surface area (TPSA) is 79.5 Å². The minimum Gasteiger partial charge on any atom is -0.397 e. The normalized spacial score (nSPS) is 15.1. The second-order valence-corrected chi connectivity index (χ2v) is 6.46. The molecule has 0 aromatic carbocycles. The van der Waals surface area contributed by atoms with Crippen LogP contribution in [-0.2, 0) is 0 Å². The first-order valence-corrected chi connectivity index (χ1v) is 8.00. The Balaban J connectivity index is 2.00. The zero-order chi connectivity index (χ0) is 15.0. The van der Waals surface area contributed by atoms with E-state index in [4.69, 9.17) is 5.73 Å². The van der Waals surface area contributed by atoms with E-state index in [-0.39, 0.29) is 18.6 Å². The van der Waals surface area contributed by atoms with Crippen LogP contribution in [0, 0.1) is 6.92 Å². The molecule has 0 aliphatic heterocycles. The van der Waals surface area contributed by atoms with Crippen LogP contribution in [0.4, 0.5) is 5.69 Å². The van der Waals surface area contributed by atoms with E-state index in [1.54, 1.807) is 11.1 Å². The standard InChI is InChI=1S/C15H19N3O2S/c1-9-5-6-17-14-11(9)12(16)13(21-14)15(20)18(7-8-19)10-3-2-4-10/h5-6,10,19H,2-4,7-8,16H2,1H3. The fraction of sp³-hybridized carbons (Fsp3) is 0.467. The Morgan fingerprint density at radius 2 is 2.33 bits per heavy atom. The number of rotatable bonds is 4. The van der Waals surface area contributed by atoms with Crippen LogP contribution in [0.15, 0.2) is 12.3 Å². The third kappa shape index (κ3) is 2.38. The lowest BCUT2D eigenvalue weighted by molar-refractivity contribution is 0.0531. The summed E-state index contributed by atoms with van der Waals surface area (Å²) in [7, 11) is 0. The van der Waals surface area contributed by atoms with E-state index in [0.29, 0.717) is 17.1 Å². The molecule has 2 aromatic heterocycles. The molecule has 0 unspecified atom stereocenters. The van der Waals surface area contributed by atoms with Crippen molar-refractivity contribution in [3.8, 4) is 0 Å². The Kier molecular flexibility index (Phi) is 3.82. The number of aryl methyl sites for hydroxylation is 1. The number of thiophene rings is 1. The number of nitrogen functional groups attached to an aromatic ring is 1. The highest BCUT2D eigenvalue weighted by Gasteiger charge is 2.31. The SMILES string of the molecule is Cc1ccnc2sc(C(=O)N(CCO)C3CCC3)c(N)c12. The number of aliphatic hydroxyl groups excluding tert-OH is 1. The maximum absolute atomic E-state index is 12.8. The molecule has 0 atom stereocenters. The first kappa shape index (κ1) is 14.3. The Labute approximate surface area is 127 Å². The fourth-order valence-corrected chi connectivity index (χ4v) is 3.85. The third-order valence-corrected chi connectivity index (χ3v) is 5.25. The van der Waals surface area contributed by atoms with Gasteiger partial charge in [0.05, 0.1) is 12.3 Å². The van der Waals surface area contributed by atoms with Gasteiger partial charge in [-0.2, -0.15) is 0 Å². The minimum absolute atomic E-state index is 0.0235. The quantitative estimate of drug-likeness (QED) is 0.907. The molecule has 2 heterocycles. The molecule has 1 fully saturated rings. The van der Waals surface area contributed by atoms with Gasteiger partial charge in [-0.15, -0.1) is 11.3 Å². The van der Waals surface area contributed by atoms with E-state index in [1.807, 2.05) is 13.0 Å². The number of hydrogen-bond acceptors (Lipinski definition) is 5. The second-order valence-electron chi connectivity index (χ2n) is 5.46. The van der Waals surface area contributed by atoms with Gasteiger partial charge in [0.15, 0.2) is 0 Å². The van der Waals surface area contributed by atoms with Gasteiger partial charge in [-0.3, -0.25) is 4.79 Å². The molecule has 2 aromatic rings. The van der Waals surface area contributed by atoms with Crippen molar-refractivity contribution >= 4 is 33.1 Å². The highest BCUT2D eigenvalue weighted by Crippen LogP contribution is 2.36. The predicted molar refractivity (Wildman–Crippen MR) is 84.5 cm³/mol. The average molecular weight is 305 g/mol. The maximum Gasteiger partial charge on any atom is 0.266 e. The number of aromatic nitrogens is 1. The summed E-state index contributed by atoms with van der Waals surface area (Å²) in [5, 5.41) is 10.1. The van der Waals surface area contributed by atoms with Gasteiger partial charge in [0.2, 0.25) is 0 Å². The maximum atomic E-state index is 12.8. The summed E-state index contributed by atoms with van der Waals surface area (Å²) in [5.41, 5.74) is 7.75. The molecular weight excluding hydrogens is 286 g/mol. The van der Waals surface area contributed by atoms with Crippen LogP contribution in [0.25, 0.3) is 10.2 Å². The molecule has 3 N–H and O–H groups in total. The number of pyridine rings is 1. The van der Waals surface area contributed by atoms with Gasteiger partial charge < -0.3 is 15.7 Å². The molecular formula is C15H19N3O2S. The summed E-state index contributed by atoms with van der Waals surface area (Å²) in [6, 6.07) is 2.14. The molecule has 112 valence electrons. The van der Waals surface area contributed by atoms with Crippen molar-refractivity contribution < 1.29 is 9.90 Å². The molecule has 0 radical (unpaired) electrons. The van der Waals surface area contributed by atoms with Gasteiger partial charge in [-0.05, 0) is 37.8 Å². The lowest BCUT2D eigenvalue weighted by Gasteiger charge is -2.37. The summed E-state index contributed by atoms with van der Waals surface area (Å²) in [6.45, 7) is 2.31. The second kappa shape index (κ2) is 5.61. The van der Waals surface area contributed by atoms with Crippen LogP contribution < -0.4 is 5.73 Å². The number of hydrogen-bond donors (Lipinski definition) is 2. The van der Waals surface area contributed by atoms with Crippen molar-refractivity contribution in [3.63, 3.8) is 0 Å². The van der Waals surface area contributed by atoms with Gasteiger partial charge in [0, 0.05) is 24.2 Å². The van der Waals surface area contributed by atoms with Crippen LogP contribution >= 0.6 is 11.3 Å². The average Bonchev–Trinajstić information content (AvgIpc) is 2.74. The molecule has 5 nitrogen and oxygen atoms in total. The van der Waals surface area contributed by atoms with Crippen molar-refractivity contribution in [3.05, 3.63) is 22.7 Å². The number of amides is 1. The molecule has 0 bridgehead atoms. The molecule has 0 spiro atoms. The lowest BCUT2D eigenvalue weighted by atomic mass is 9.91. The smallest absolute Gasteiger partial charge is 0.266 e. The van der Waals surface area contributed by atoms with Crippen molar-refractivity contribution in [2.24, 2.45) is 0 Å². The van der Waals surface area contributed by atoms with Gasteiger partial charge in [-0.25, -0.2) is 4.98 Å². The van der Waals surface area contributed by atoms with Crippen molar-refractivity contribution in [2.45, 2.75) is 32.2 Å². The number of carbonyl (C=O) groups is 1. The highest BCUT2D eigenvalue weighted by molar-refractivity contribution is 7.21. The molecule has 1 aliphatic carbocycles. The van der Waals surface area contributed by atoms with E-state index in [1.165, 1.54) is 11.3 Å². The van der Waals surface area contributed by atoms with Crippen LogP contribution in [0.3, 0.4) is 0 Å². The van der Waals surface area contributed by atoms with Gasteiger partial charge in [-0.1, -0.05) is 0 Å². The van der Waals surface area contributed by atoms with E-state index in [9.17, 15) is 9.90 Å². The van der Waals surface area contributed by atoms with Crippen LogP contribution in [0.2, 0.25) is 0 Å². The monoisotopic (exact) mass is 305 g/mol. The number of nitrogens with two attached hydrogens (primary N) is 1. The Morgan fingerprint density at radius 3 is 2.90 bits per heavy atom. The summed E-state index contributed by atoms with van der Waals surface area (Å²) >= 11 is 1.34. The Morgan fingerprint density at radius 1 is 1.57 bits per heavy atom. The molecule has 3 rings (SSSR count). The first-order valence-electron chi connectivity index (χ1n) is 7.19. The molecule has 1 amide bonds. The van der Waals surface area contributed by atoms with E-state index < -0.39 is 0 Å². The number of fused-ring (bicyclic) bond motifs is 1. The largest absolute Gasteiger partial charge is 0.397 e. The van der Waals surface area contributed by atoms with Crippen molar-refractivity contribution in [2.75, 3.05) is 18.9 Å². The minimum atomic E-state index is -0.0753. The summed E-state index contributed by atoms with van der Waals surface area (Å²) in [4.78, 5) is 20.2. The van der Waals surface area contributed by atoms with Crippen molar-refractivity contribution in [1.29, 1.82) is 0 Å². The Bertz CT molecular complexity index is 679. The number of carbonyl (C=O) groups excluding carboxylic acids is 1. The van der Waals surface area contributed by atoms with Gasteiger partial charge in [0.25, 0.3) is 5.91 Å². The van der Waals surface area contributed by atoms with E-state index in [2.05, 4.69) is 4.98 Å². The Hall–Kier alpha value is -1.66. The van der Waals surface area contributed by atoms with Gasteiger partial charge >= 0.3 is 0 Å². The summed E-state index contributed by atoms with van der Waals surface area (Å²) in [6.07, 6.45) is 4.89. The highest BCUT2D eigenvalue weighted by atomic mass is 32.1. The lowest BCUT2D eigenvalue weighted by Crippen LogP contribution is -2.45.